The molecule has 0 aliphatic carbocycles. The second-order valence-corrected chi connectivity index (χ2v) is 1.87. The number of amides is 1. The van der Waals surface area contributed by atoms with Gasteiger partial charge in [0.25, 0.3) is 0 Å². The van der Waals surface area contributed by atoms with Gasteiger partial charge in [-0.15, -0.1) is 0 Å². The van der Waals surface area contributed by atoms with E-state index in [-0.39, 0.29) is 5.91 Å². The van der Waals surface area contributed by atoms with Crippen molar-refractivity contribution in [3.05, 3.63) is 12.2 Å². The van der Waals surface area contributed by atoms with Gasteiger partial charge >= 0.3 is 0 Å². The van der Waals surface area contributed by atoms with Crippen LogP contribution in [0.25, 0.3) is 0 Å². The van der Waals surface area contributed by atoms with E-state index in [0.29, 0.717) is 6.32 Å². The molecule has 0 fully saturated rings. The molecule has 3 heteroatoms. The highest BCUT2D eigenvalue weighted by Crippen LogP contribution is 1.82. The molecule has 2 nitrogen and oxygen atoms in total. The first-order valence-corrected chi connectivity index (χ1v) is 2.76. The Hall–Kier alpha value is -0.725. The highest BCUT2D eigenvalue weighted by atomic mass is 16.2. The van der Waals surface area contributed by atoms with Crippen LogP contribution >= 0.6 is 0 Å². The van der Waals surface area contributed by atoms with Crippen LogP contribution in [0.1, 0.15) is 0 Å². The summed E-state index contributed by atoms with van der Waals surface area (Å²) in [4.78, 5) is 12.2. The molecule has 0 bridgehead atoms. The normalized spacial score (nSPS) is 10.0. The van der Waals surface area contributed by atoms with Gasteiger partial charge in [0, 0.05) is 14.1 Å². The number of carbonyl (C=O) groups is 1. The predicted octanol–water partition coefficient (Wildman–Crippen LogP) is 0.218. The number of rotatable bonds is 2. The van der Waals surface area contributed by atoms with Crippen LogP contribution in [-0.2, 0) is 4.79 Å². The fraction of sp³-hybridized carbons (Fsp3) is 0.500. The van der Waals surface area contributed by atoms with Crippen LogP contribution < -0.4 is 0 Å². The van der Waals surface area contributed by atoms with Crippen molar-refractivity contribution >= 4 is 13.8 Å². The summed E-state index contributed by atoms with van der Waals surface area (Å²) in [6, 6.07) is 0. The third-order valence-electron chi connectivity index (χ3n) is 0.837. The van der Waals surface area contributed by atoms with Crippen LogP contribution in [0.15, 0.2) is 12.2 Å². The van der Waals surface area contributed by atoms with Crippen molar-refractivity contribution in [1.29, 1.82) is 0 Å². The van der Waals surface area contributed by atoms with Crippen molar-refractivity contribution in [2.75, 3.05) is 14.1 Å². The van der Waals surface area contributed by atoms with E-state index < -0.39 is 0 Å². The van der Waals surface area contributed by atoms with E-state index in [4.69, 9.17) is 7.85 Å². The van der Waals surface area contributed by atoms with Crippen LogP contribution in [0.3, 0.4) is 0 Å². The molecule has 0 saturated heterocycles. The van der Waals surface area contributed by atoms with Gasteiger partial charge in [0.1, 0.15) is 0 Å². The Morgan fingerprint density at radius 2 is 2.22 bits per heavy atom. The molecule has 0 saturated carbocycles. The monoisotopic (exact) mass is 123 g/mol. The fourth-order valence-corrected chi connectivity index (χ4v) is 0.318. The van der Waals surface area contributed by atoms with Gasteiger partial charge in [-0.3, -0.25) is 4.79 Å². The van der Waals surface area contributed by atoms with Crippen LogP contribution in [-0.4, -0.2) is 32.7 Å². The van der Waals surface area contributed by atoms with E-state index in [1.54, 1.807) is 20.2 Å². The molecule has 0 N–H and O–H groups in total. The van der Waals surface area contributed by atoms with Gasteiger partial charge in [-0.25, -0.2) is 0 Å². The molecule has 2 radical (unpaired) electrons. The van der Waals surface area contributed by atoms with E-state index in [1.165, 1.54) is 11.0 Å². The Labute approximate surface area is 56.9 Å². The summed E-state index contributed by atoms with van der Waals surface area (Å²) in [5.74, 6) is -0.0274. The van der Waals surface area contributed by atoms with Crippen molar-refractivity contribution in [2.45, 2.75) is 6.32 Å². The summed E-state index contributed by atoms with van der Waals surface area (Å²) >= 11 is 0. The maximum absolute atomic E-state index is 10.7. The number of likely N-dealkylation sites (N-methyl/N-ethyl adjacent to an activating group) is 1. The first kappa shape index (κ1) is 8.27. The quantitative estimate of drug-likeness (QED) is 0.379. The second-order valence-electron chi connectivity index (χ2n) is 1.87. The van der Waals surface area contributed by atoms with E-state index in [0.717, 1.165) is 0 Å². The van der Waals surface area contributed by atoms with Gasteiger partial charge in [-0.05, 0) is 6.08 Å². The van der Waals surface area contributed by atoms with Crippen molar-refractivity contribution in [3.63, 3.8) is 0 Å². The maximum Gasteiger partial charge on any atom is 0.245 e. The molecule has 9 heavy (non-hydrogen) atoms. The van der Waals surface area contributed by atoms with Crippen LogP contribution in [0.5, 0.6) is 0 Å². The number of allylic oxidation sites excluding steroid dienone is 1. The second kappa shape index (κ2) is 4.18. The topological polar surface area (TPSA) is 20.3 Å². The summed E-state index contributed by atoms with van der Waals surface area (Å²) < 4.78 is 0. The Kier molecular flexibility index (Phi) is 3.85. The predicted molar refractivity (Wildman–Crippen MR) is 38.4 cm³/mol. The van der Waals surface area contributed by atoms with Gasteiger partial charge in [-0.1, -0.05) is 12.4 Å². The zero-order valence-corrected chi connectivity index (χ0v) is 5.79. The van der Waals surface area contributed by atoms with Crippen LogP contribution in [0.2, 0.25) is 6.32 Å². The van der Waals surface area contributed by atoms with Gasteiger partial charge in [0.05, 0.1) is 7.85 Å². The molecule has 0 aliphatic heterocycles. The molecule has 0 unspecified atom stereocenters. The first-order valence-electron chi connectivity index (χ1n) is 2.76. The van der Waals surface area contributed by atoms with E-state index in [1.807, 2.05) is 0 Å². The van der Waals surface area contributed by atoms with E-state index in [2.05, 4.69) is 0 Å². The molecule has 0 aliphatic rings. The number of nitrogens with zero attached hydrogens (tertiary/aromatic N) is 1. The summed E-state index contributed by atoms with van der Waals surface area (Å²) in [6.45, 7) is 0. The highest BCUT2D eigenvalue weighted by Gasteiger charge is 1.93. The van der Waals surface area contributed by atoms with E-state index in [9.17, 15) is 4.79 Å². The molecular formula is C6H10BNO. The first-order chi connectivity index (χ1) is 4.18. The lowest BCUT2D eigenvalue weighted by Gasteiger charge is -2.04. The number of hydrogen-bond donors (Lipinski definition) is 0. The minimum Gasteiger partial charge on any atom is -0.345 e. The molecule has 0 aromatic rings. The summed E-state index contributed by atoms with van der Waals surface area (Å²) in [5, 5.41) is 0. The third-order valence-corrected chi connectivity index (χ3v) is 0.837. The summed E-state index contributed by atoms with van der Waals surface area (Å²) in [5.41, 5.74) is 0. The zero-order valence-electron chi connectivity index (χ0n) is 5.79. The average molecular weight is 123 g/mol. The molecule has 1 amide bonds. The summed E-state index contributed by atoms with van der Waals surface area (Å²) in [6.07, 6.45) is 3.50. The maximum atomic E-state index is 10.7. The van der Waals surface area contributed by atoms with Gasteiger partial charge in [-0.2, -0.15) is 0 Å². The minimum absolute atomic E-state index is 0.0274. The van der Waals surface area contributed by atoms with Crippen LogP contribution in [0.4, 0.5) is 0 Å². The Morgan fingerprint density at radius 1 is 1.67 bits per heavy atom. The molecular weight excluding hydrogens is 113 g/mol. The molecule has 48 valence electrons. The van der Waals surface area contributed by atoms with Crippen molar-refractivity contribution < 1.29 is 4.79 Å². The third kappa shape index (κ3) is 3.82. The number of hydrogen-bond acceptors (Lipinski definition) is 1. The highest BCUT2D eigenvalue weighted by molar-refractivity contribution is 6.10. The lowest BCUT2D eigenvalue weighted by molar-refractivity contribution is -0.123. The molecule has 0 aromatic carbocycles. The summed E-state index contributed by atoms with van der Waals surface area (Å²) in [7, 11) is 8.51. The largest absolute Gasteiger partial charge is 0.345 e. The average Bonchev–Trinajstić information content (AvgIpc) is 1.82. The Morgan fingerprint density at radius 3 is 2.56 bits per heavy atom. The van der Waals surface area contributed by atoms with Crippen LogP contribution in [0, 0.1) is 0 Å². The van der Waals surface area contributed by atoms with Crippen molar-refractivity contribution in [1.82, 2.24) is 4.90 Å². The Bertz CT molecular complexity index is 120. The zero-order chi connectivity index (χ0) is 7.28. The molecule has 0 heterocycles. The lowest BCUT2D eigenvalue weighted by atomic mass is 10.1. The Balaban J connectivity index is 3.63. The minimum atomic E-state index is -0.0274. The fourth-order valence-electron chi connectivity index (χ4n) is 0.318. The van der Waals surface area contributed by atoms with Gasteiger partial charge in [0.2, 0.25) is 5.91 Å². The van der Waals surface area contributed by atoms with E-state index >= 15 is 0 Å². The molecule has 0 rings (SSSR count). The van der Waals surface area contributed by atoms with Crippen molar-refractivity contribution in [2.24, 2.45) is 0 Å². The lowest BCUT2D eigenvalue weighted by Crippen LogP contribution is -2.18. The smallest absolute Gasteiger partial charge is 0.245 e. The molecule has 0 aromatic heterocycles. The SMILES string of the molecule is [B]C/C=C/C(=O)N(C)C. The van der Waals surface area contributed by atoms with Gasteiger partial charge in [0.15, 0.2) is 0 Å². The van der Waals surface area contributed by atoms with Gasteiger partial charge < -0.3 is 4.90 Å². The standard InChI is InChI=1S/C6H10BNO/c1-8(2)6(9)4-3-5-7/h3-4H,5H2,1-2H3/b4-3+. The molecule has 0 spiro atoms. The van der Waals surface area contributed by atoms with Crippen molar-refractivity contribution in [3.8, 4) is 0 Å². The molecule has 0 atom stereocenters. The number of carbonyl (C=O) groups excluding carboxylic acids is 1.